The Morgan fingerprint density at radius 3 is 2.67 bits per heavy atom. The minimum atomic E-state index is -0.250. The van der Waals surface area contributed by atoms with E-state index in [1.807, 2.05) is 39.0 Å². The summed E-state index contributed by atoms with van der Waals surface area (Å²) in [7, 11) is 0. The van der Waals surface area contributed by atoms with Crippen LogP contribution < -0.4 is 10.1 Å². The maximum Gasteiger partial charge on any atom is 0.237 e. The largest absolute Gasteiger partial charge is 0.473 e. The molecule has 0 saturated heterocycles. The van der Waals surface area contributed by atoms with Crippen LogP contribution in [0.2, 0.25) is 0 Å². The Hall–Kier alpha value is -1.62. The van der Waals surface area contributed by atoms with Gasteiger partial charge in [-0.3, -0.25) is 0 Å². The lowest BCUT2D eigenvalue weighted by molar-refractivity contribution is 0.234. The molecule has 0 fully saturated rings. The van der Waals surface area contributed by atoms with Gasteiger partial charge in [0.2, 0.25) is 5.88 Å². The Morgan fingerprint density at radius 1 is 1.24 bits per heavy atom. The number of nitrogens with zero attached hydrogens (tertiary/aromatic N) is 1. The summed E-state index contributed by atoms with van der Waals surface area (Å²) >= 11 is 3.26. The van der Waals surface area contributed by atoms with Gasteiger partial charge in [-0.2, -0.15) is 0 Å². The third-order valence-corrected chi connectivity index (χ3v) is 3.41. The maximum absolute atomic E-state index is 14.0. The summed E-state index contributed by atoms with van der Waals surface area (Å²) in [6.07, 6.45) is 1.70. The van der Waals surface area contributed by atoms with Crippen LogP contribution in [0.15, 0.2) is 41.0 Å². The number of benzene rings is 1. The van der Waals surface area contributed by atoms with Crippen molar-refractivity contribution < 1.29 is 9.13 Å². The first-order valence-electron chi connectivity index (χ1n) is 6.80. The van der Waals surface area contributed by atoms with Gasteiger partial charge in [0.15, 0.2) is 0 Å². The highest BCUT2D eigenvalue weighted by atomic mass is 79.9. The van der Waals surface area contributed by atoms with E-state index in [-0.39, 0.29) is 18.0 Å². The molecule has 0 spiro atoms. The molecule has 1 atom stereocenters. The Kier molecular flexibility index (Phi) is 5.17. The van der Waals surface area contributed by atoms with Crippen LogP contribution in [0.1, 0.15) is 32.4 Å². The van der Waals surface area contributed by atoms with Gasteiger partial charge >= 0.3 is 0 Å². The first-order chi connectivity index (χ1) is 9.97. The molecule has 0 saturated carbocycles. The van der Waals surface area contributed by atoms with Crippen molar-refractivity contribution in [3.05, 3.63) is 52.4 Å². The lowest BCUT2D eigenvalue weighted by atomic mass is 10.1. The molecule has 1 heterocycles. The molecular weight excluding hydrogens is 335 g/mol. The number of rotatable bonds is 5. The molecule has 1 aromatic heterocycles. The van der Waals surface area contributed by atoms with Crippen LogP contribution in [0.5, 0.6) is 5.88 Å². The Morgan fingerprint density at radius 2 is 2.00 bits per heavy atom. The Bertz CT molecular complexity index is 619. The summed E-state index contributed by atoms with van der Waals surface area (Å²) in [4.78, 5) is 4.22. The van der Waals surface area contributed by atoms with Crippen LogP contribution in [0.3, 0.4) is 0 Å². The van der Waals surface area contributed by atoms with E-state index in [2.05, 4.69) is 26.2 Å². The highest BCUT2D eigenvalue weighted by molar-refractivity contribution is 9.10. The van der Waals surface area contributed by atoms with Gasteiger partial charge in [-0.1, -0.05) is 22.0 Å². The molecule has 0 aliphatic carbocycles. The summed E-state index contributed by atoms with van der Waals surface area (Å²) in [6, 6.07) is 8.54. The number of pyridine rings is 1. The van der Waals surface area contributed by atoms with Gasteiger partial charge in [0.25, 0.3) is 0 Å². The zero-order valence-electron chi connectivity index (χ0n) is 12.2. The van der Waals surface area contributed by atoms with E-state index < -0.39 is 0 Å². The molecule has 0 aliphatic heterocycles. The zero-order valence-corrected chi connectivity index (χ0v) is 13.8. The molecule has 0 radical (unpaired) electrons. The number of halogens is 2. The Labute approximate surface area is 132 Å². The molecule has 2 rings (SSSR count). The predicted molar refractivity (Wildman–Crippen MR) is 86.1 cm³/mol. The number of nitrogens with one attached hydrogen (secondary N) is 1. The average molecular weight is 353 g/mol. The van der Waals surface area contributed by atoms with Gasteiger partial charge in [-0.05, 0) is 45.0 Å². The molecule has 21 heavy (non-hydrogen) atoms. The van der Waals surface area contributed by atoms with E-state index >= 15 is 0 Å². The number of hydrogen-bond donors (Lipinski definition) is 1. The second-order valence-electron chi connectivity index (χ2n) is 5.05. The quantitative estimate of drug-likeness (QED) is 0.826. The normalized spacial score (nSPS) is 12.3. The summed E-state index contributed by atoms with van der Waals surface area (Å²) in [5, 5.41) is 3.25. The van der Waals surface area contributed by atoms with Crippen molar-refractivity contribution in [1.29, 1.82) is 0 Å². The average Bonchev–Trinajstić information content (AvgIpc) is 2.40. The third kappa shape index (κ3) is 4.17. The summed E-state index contributed by atoms with van der Waals surface area (Å²) in [5.41, 5.74) is 1.35. The van der Waals surface area contributed by atoms with Gasteiger partial charge in [0.05, 0.1) is 17.8 Å². The van der Waals surface area contributed by atoms with Crippen LogP contribution in [0.4, 0.5) is 10.1 Å². The van der Waals surface area contributed by atoms with Gasteiger partial charge in [-0.25, -0.2) is 9.37 Å². The second kappa shape index (κ2) is 6.89. The van der Waals surface area contributed by atoms with Crippen LogP contribution in [0.25, 0.3) is 0 Å². The van der Waals surface area contributed by atoms with Gasteiger partial charge in [0, 0.05) is 16.2 Å². The molecule has 1 unspecified atom stereocenters. The predicted octanol–water partition coefficient (Wildman–Crippen LogP) is 4.94. The van der Waals surface area contributed by atoms with E-state index in [0.717, 1.165) is 10.2 Å². The van der Waals surface area contributed by atoms with Gasteiger partial charge in [0.1, 0.15) is 5.82 Å². The fourth-order valence-corrected chi connectivity index (χ4v) is 2.31. The van der Waals surface area contributed by atoms with Gasteiger partial charge in [-0.15, -0.1) is 0 Å². The van der Waals surface area contributed by atoms with Crippen molar-refractivity contribution in [2.24, 2.45) is 0 Å². The molecule has 0 amide bonds. The standard InChI is InChI=1S/C16H18BrFN2O/c1-10(2)21-16-15(5-4-8-19-16)20-11(3)13-7-6-12(17)9-14(13)18/h4-11,20H,1-3H3. The lowest BCUT2D eigenvalue weighted by Gasteiger charge is -2.19. The topological polar surface area (TPSA) is 34.1 Å². The number of hydrogen-bond acceptors (Lipinski definition) is 3. The fourth-order valence-electron chi connectivity index (χ4n) is 1.98. The van der Waals surface area contributed by atoms with Crippen LogP contribution in [-0.2, 0) is 0 Å². The molecule has 2 aromatic rings. The minimum absolute atomic E-state index is 0.0279. The lowest BCUT2D eigenvalue weighted by Crippen LogP contribution is -2.13. The SMILES string of the molecule is CC(C)Oc1ncccc1NC(C)c1ccc(Br)cc1F. The molecule has 1 aromatic carbocycles. The molecule has 0 bridgehead atoms. The van der Waals surface area contributed by atoms with Crippen molar-refractivity contribution in [1.82, 2.24) is 4.98 Å². The van der Waals surface area contributed by atoms with Crippen molar-refractivity contribution in [2.75, 3.05) is 5.32 Å². The Balaban J connectivity index is 2.21. The third-order valence-electron chi connectivity index (χ3n) is 2.92. The van der Waals surface area contributed by atoms with E-state index in [1.165, 1.54) is 6.07 Å². The van der Waals surface area contributed by atoms with Crippen molar-refractivity contribution in [2.45, 2.75) is 32.9 Å². The van der Waals surface area contributed by atoms with Crippen LogP contribution in [0, 0.1) is 5.82 Å². The van der Waals surface area contributed by atoms with E-state index in [9.17, 15) is 4.39 Å². The number of aromatic nitrogens is 1. The van der Waals surface area contributed by atoms with Gasteiger partial charge < -0.3 is 10.1 Å². The highest BCUT2D eigenvalue weighted by Gasteiger charge is 2.14. The summed E-state index contributed by atoms with van der Waals surface area (Å²) < 4.78 is 20.4. The molecule has 1 N–H and O–H groups in total. The van der Waals surface area contributed by atoms with Crippen LogP contribution >= 0.6 is 15.9 Å². The van der Waals surface area contributed by atoms with Crippen molar-refractivity contribution >= 4 is 21.6 Å². The van der Waals surface area contributed by atoms with E-state index in [1.54, 1.807) is 12.3 Å². The van der Waals surface area contributed by atoms with Crippen molar-refractivity contribution in [3.63, 3.8) is 0 Å². The minimum Gasteiger partial charge on any atom is -0.473 e. The van der Waals surface area contributed by atoms with E-state index in [4.69, 9.17) is 4.74 Å². The van der Waals surface area contributed by atoms with Crippen LogP contribution in [-0.4, -0.2) is 11.1 Å². The summed E-state index contributed by atoms with van der Waals surface area (Å²) in [6.45, 7) is 5.78. The zero-order chi connectivity index (χ0) is 15.4. The fraction of sp³-hybridized carbons (Fsp3) is 0.312. The molecule has 0 aliphatic rings. The first-order valence-corrected chi connectivity index (χ1v) is 7.60. The summed E-state index contributed by atoms with van der Waals surface area (Å²) in [5.74, 6) is 0.275. The monoisotopic (exact) mass is 352 g/mol. The molecule has 5 heteroatoms. The molecule has 3 nitrogen and oxygen atoms in total. The first kappa shape index (κ1) is 15.8. The second-order valence-corrected chi connectivity index (χ2v) is 5.97. The number of ether oxygens (including phenoxy) is 1. The molecular formula is C16H18BrFN2O. The maximum atomic E-state index is 14.0. The smallest absolute Gasteiger partial charge is 0.237 e. The number of anilines is 1. The van der Waals surface area contributed by atoms with E-state index in [0.29, 0.717) is 11.4 Å². The molecule has 112 valence electrons. The highest BCUT2D eigenvalue weighted by Crippen LogP contribution is 2.28. The van der Waals surface area contributed by atoms with Crippen molar-refractivity contribution in [3.8, 4) is 5.88 Å².